The Morgan fingerprint density at radius 3 is 2.48 bits per heavy atom. The van der Waals surface area contributed by atoms with Gasteiger partial charge in [0.1, 0.15) is 11.9 Å². The van der Waals surface area contributed by atoms with Crippen LogP contribution >= 0.6 is 37.2 Å². The van der Waals surface area contributed by atoms with Crippen LogP contribution < -0.4 is 0 Å². The largest absolute Gasteiger partial charge is 0.306 e. The summed E-state index contributed by atoms with van der Waals surface area (Å²) in [5, 5.41) is 23.2. The van der Waals surface area contributed by atoms with E-state index in [9.17, 15) is 5.26 Å². The third kappa shape index (κ3) is 5.02. The second-order valence-corrected chi connectivity index (χ2v) is 7.94. The Labute approximate surface area is 209 Å². The number of piperidine rings is 1. The van der Waals surface area contributed by atoms with Gasteiger partial charge in [-0.3, -0.25) is 0 Å². The van der Waals surface area contributed by atoms with Crippen molar-refractivity contribution in [2.45, 2.75) is 25.7 Å². The highest BCUT2D eigenvalue weighted by Gasteiger charge is 2.21. The summed E-state index contributed by atoms with van der Waals surface area (Å²) < 4.78 is 16.6. The summed E-state index contributed by atoms with van der Waals surface area (Å²) in [7, 11) is 2.11. The molecule has 4 heterocycles. The van der Waals surface area contributed by atoms with Crippen LogP contribution in [0.2, 0.25) is 0 Å². The van der Waals surface area contributed by atoms with Crippen LogP contribution in [-0.4, -0.2) is 49.8 Å². The fourth-order valence-electron chi connectivity index (χ4n) is 4.08. The Balaban J connectivity index is 0.00000128. The van der Waals surface area contributed by atoms with Crippen LogP contribution in [0.15, 0.2) is 30.5 Å². The molecule has 1 aromatic carbocycles. The summed E-state index contributed by atoms with van der Waals surface area (Å²) in [5.41, 5.74) is 3.99. The highest BCUT2D eigenvalue weighted by molar-refractivity contribution is 5.86. The predicted molar refractivity (Wildman–Crippen MR) is 132 cm³/mol. The second-order valence-electron chi connectivity index (χ2n) is 7.94. The number of hydrogen-bond donors (Lipinski definition) is 0. The van der Waals surface area contributed by atoms with Crippen LogP contribution in [0.1, 0.15) is 35.7 Å². The van der Waals surface area contributed by atoms with Crippen molar-refractivity contribution in [3.8, 4) is 17.3 Å². The molecule has 0 unspecified atom stereocenters. The molecule has 0 saturated carbocycles. The van der Waals surface area contributed by atoms with E-state index in [0.717, 1.165) is 37.3 Å². The van der Waals surface area contributed by atoms with Gasteiger partial charge in [0.05, 0.1) is 34.4 Å². The first-order chi connectivity index (χ1) is 14.5. The Kier molecular flexibility index (Phi) is 8.55. The highest BCUT2D eigenvalue weighted by Crippen LogP contribution is 2.30. The van der Waals surface area contributed by atoms with E-state index >= 15 is 4.39 Å². The Bertz CT molecular complexity index is 1330. The normalized spacial score (nSPS) is 14.2. The van der Waals surface area contributed by atoms with E-state index in [4.69, 9.17) is 0 Å². The van der Waals surface area contributed by atoms with E-state index in [1.807, 2.05) is 13.0 Å². The molecule has 0 amide bonds. The van der Waals surface area contributed by atoms with Crippen LogP contribution in [0.4, 0.5) is 4.39 Å². The minimum atomic E-state index is -0.367. The van der Waals surface area contributed by atoms with Crippen LogP contribution in [0, 0.1) is 24.1 Å². The number of aromatic nitrogens is 5. The lowest BCUT2D eigenvalue weighted by Crippen LogP contribution is -2.29. The van der Waals surface area contributed by atoms with Gasteiger partial charge in [0, 0.05) is 16.9 Å². The van der Waals surface area contributed by atoms with E-state index in [1.54, 1.807) is 22.8 Å². The highest BCUT2D eigenvalue weighted by atomic mass is 35.5. The minimum absolute atomic E-state index is 0. The molecule has 1 aliphatic rings. The smallest absolute Gasteiger partial charge is 0.171 e. The molecule has 0 bridgehead atoms. The molecule has 1 aliphatic heterocycles. The number of nitrogens with zero attached hydrogens (tertiary/aromatic N) is 7. The summed E-state index contributed by atoms with van der Waals surface area (Å²) in [4.78, 5) is 6.61. The molecular formula is C22H23Cl3FN7. The number of benzene rings is 1. The molecule has 0 radical (unpaired) electrons. The van der Waals surface area contributed by atoms with E-state index in [2.05, 4.69) is 38.3 Å². The van der Waals surface area contributed by atoms with Gasteiger partial charge < -0.3 is 4.90 Å². The van der Waals surface area contributed by atoms with Gasteiger partial charge in [0.2, 0.25) is 0 Å². The van der Waals surface area contributed by atoms with Crippen molar-refractivity contribution in [3.63, 3.8) is 0 Å². The van der Waals surface area contributed by atoms with Gasteiger partial charge >= 0.3 is 0 Å². The molecular weight excluding hydrogens is 488 g/mol. The lowest BCUT2D eigenvalue weighted by atomic mass is 9.93. The predicted octanol–water partition coefficient (Wildman–Crippen LogP) is 4.73. The Morgan fingerprint density at radius 1 is 1.06 bits per heavy atom. The van der Waals surface area contributed by atoms with E-state index in [-0.39, 0.29) is 43.0 Å². The van der Waals surface area contributed by atoms with Crippen molar-refractivity contribution in [3.05, 3.63) is 53.2 Å². The number of nitriles is 1. The van der Waals surface area contributed by atoms with Crippen LogP contribution in [0.25, 0.3) is 27.8 Å². The van der Waals surface area contributed by atoms with E-state index < -0.39 is 0 Å². The summed E-state index contributed by atoms with van der Waals surface area (Å²) >= 11 is 0. The zero-order valence-electron chi connectivity index (χ0n) is 18.0. The molecule has 3 aromatic heterocycles. The molecule has 0 aliphatic carbocycles. The third-order valence-electron chi connectivity index (χ3n) is 5.77. The molecule has 0 spiro atoms. The summed E-state index contributed by atoms with van der Waals surface area (Å²) in [6.07, 6.45) is 3.74. The van der Waals surface area contributed by atoms with Gasteiger partial charge in [-0.2, -0.15) is 20.6 Å². The third-order valence-corrected chi connectivity index (χ3v) is 5.77. The lowest BCUT2D eigenvalue weighted by molar-refractivity contribution is 0.253. The van der Waals surface area contributed by atoms with Crippen molar-refractivity contribution >= 4 is 53.8 Å². The standard InChI is InChI=1S/C22H20FN7.3ClH/c1-13-12-30-22(25-13)16(11-24)9-20(28-30)15-7-18(23)17-10-19(26-27-21(17)8-15)14-3-5-29(2)6-4-14;;;/h7-10,12,14H,3-6H2,1-2H3;3*1H. The topological polar surface area (TPSA) is 83.0 Å². The molecule has 0 atom stereocenters. The second kappa shape index (κ2) is 10.6. The zero-order valence-corrected chi connectivity index (χ0v) is 20.5. The molecule has 0 N–H and O–H groups in total. The van der Waals surface area contributed by atoms with Crippen molar-refractivity contribution in [2.24, 2.45) is 0 Å². The average molecular weight is 511 g/mol. The molecule has 33 heavy (non-hydrogen) atoms. The molecule has 4 aromatic rings. The van der Waals surface area contributed by atoms with Gasteiger partial charge in [0.15, 0.2) is 5.65 Å². The van der Waals surface area contributed by atoms with E-state index in [1.165, 1.54) is 6.07 Å². The van der Waals surface area contributed by atoms with Gasteiger partial charge in [-0.25, -0.2) is 13.9 Å². The SMILES string of the molecule is Cc1cn2nc(-c3cc(F)c4cc(C5CCN(C)CC5)nnc4c3)cc(C#N)c2n1.Cl.Cl.Cl. The molecule has 1 saturated heterocycles. The molecule has 5 rings (SSSR count). The first kappa shape index (κ1) is 26.7. The van der Waals surface area contributed by atoms with Gasteiger partial charge in [-0.15, -0.1) is 37.2 Å². The minimum Gasteiger partial charge on any atom is -0.306 e. The summed E-state index contributed by atoms with van der Waals surface area (Å²) in [5.74, 6) is -0.0577. The van der Waals surface area contributed by atoms with Crippen molar-refractivity contribution in [2.75, 3.05) is 20.1 Å². The Morgan fingerprint density at radius 2 is 1.79 bits per heavy atom. The number of fused-ring (bicyclic) bond motifs is 2. The fraction of sp³-hybridized carbons (Fsp3) is 0.318. The Hall–Kier alpha value is -2.57. The maximum atomic E-state index is 15.1. The molecule has 7 nitrogen and oxygen atoms in total. The fourth-order valence-corrected chi connectivity index (χ4v) is 4.08. The van der Waals surface area contributed by atoms with Crippen molar-refractivity contribution in [1.82, 2.24) is 29.7 Å². The molecule has 174 valence electrons. The van der Waals surface area contributed by atoms with Gasteiger partial charge in [-0.1, -0.05) is 0 Å². The molecule has 1 fully saturated rings. The van der Waals surface area contributed by atoms with Gasteiger partial charge in [-0.05, 0) is 64.2 Å². The zero-order chi connectivity index (χ0) is 20.8. The number of likely N-dealkylation sites (tertiary alicyclic amines) is 1. The quantitative estimate of drug-likeness (QED) is 0.388. The maximum absolute atomic E-state index is 15.1. The average Bonchev–Trinajstić information content (AvgIpc) is 3.13. The summed E-state index contributed by atoms with van der Waals surface area (Å²) in [6.45, 7) is 3.85. The first-order valence-electron chi connectivity index (χ1n) is 9.95. The van der Waals surface area contributed by atoms with Crippen molar-refractivity contribution in [1.29, 1.82) is 5.26 Å². The van der Waals surface area contributed by atoms with Crippen LogP contribution in [0.3, 0.4) is 0 Å². The number of halogens is 4. The van der Waals surface area contributed by atoms with E-state index in [0.29, 0.717) is 39.3 Å². The first-order valence-corrected chi connectivity index (χ1v) is 9.95. The van der Waals surface area contributed by atoms with Crippen molar-refractivity contribution < 1.29 is 4.39 Å². The number of imidazole rings is 1. The monoisotopic (exact) mass is 509 g/mol. The number of hydrogen-bond acceptors (Lipinski definition) is 6. The lowest BCUT2D eigenvalue weighted by Gasteiger charge is -2.28. The summed E-state index contributed by atoms with van der Waals surface area (Å²) in [6, 6.07) is 8.81. The number of rotatable bonds is 2. The maximum Gasteiger partial charge on any atom is 0.171 e. The van der Waals surface area contributed by atoms with Crippen LogP contribution in [-0.2, 0) is 0 Å². The van der Waals surface area contributed by atoms with Crippen LogP contribution in [0.5, 0.6) is 0 Å². The number of aryl methyl sites for hydroxylation is 1. The molecule has 11 heteroatoms. The van der Waals surface area contributed by atoms with Gasteiger partial charge in [0.25, 0.3) is 0 Å².